The summed E-state index contributed by atoms with van der Waals surface area (Å²) in [6.45, 7) is 2.50. The number of H-pyrrole nitrogens is 1. The molecule has 0 aliphatic rings. The number of hydrogen-bond acceptors (Lipinski definition) is 5. The van der Waals surface area contributed by atoms with Crippen molar-refractivity contribution >= 4 is 23.1 Å². The predicted molar refractivity (Wildman–Crippen MR) is 123 cm³/mol. The highest BCUT2D eigenvalue weighted by molar-refractivity contribution is 5.98. The Balaban J connectivity index is 1.94. The van der Waals surface area contributed by atoms with Crippen LogP contribution in [0.5, 0.6) is 0 Å². The first-order valence-corrected chi connectivity index (χ1v) is 10.3. The van der Waals surface area contributed by atoms with Crippen molar-refractivity contribution in [1.29, 1.82) is 0 Å². The van der Waals surface area contributed by atoms with Crippen LogP contribution >= 0.6 is 0 Å². The minimum Gasteiger partial charge on any atom is -0.383 e. The molecule has 0 saturated carbocycles. The molecule has 2 aromatic carbocycles. The van der Waals surface area contributed by atoms with E-state index >= 15 is 0 Å². The van der Waals surface area contributed by atoms with Crippen LogP contribution in [0.1, 0.15) is 25.3 Å². The summed E-state index contributed by atoms with van der Waals surface area (Å²) in [5.74, 6) is -0.332. The second kappa shape index (κ2) is 10.3. The van der Waals surface area contributed by atoms with Gasteiger partial charge in [-0.05, 0) is 24.1 Å². The fraction of sp³-hybridized carbons (Fsp3) is 0.261. The molecular weight excluding hydrogens is 394 g/mol. The lowest BCUT2D eigenvalue weighted by molar-refractivity contribution is -0.117. The highest BCUT2D eigenvalue weighted by Gasteiger charge is 2.23. The summed E-state index contributed by atoms with van der Waals surface area (Å²) in [6.07, 6.45) is 1.52. The fourth-order valence-corrected chi connectivity index (χ4v) is 3.27. The van der Waals surface area contributed by atoms with Crippen molar-refractivity contribution in [3.05, 3.63) is 87.1 Å². The number of aromatic amines is 1. The van der Waals surface area contributed by atoms with Gasteiger partial charge in [-0.3, -0.25) is 19.1 Å². The highest BCUT2D eigenvalue weighted by Crippen LogP contribution is 2.19. The van der Waals surface area contributed by atoms with Gasteiger partial charge in [0, 0.05) is 12.2 Å². The molecule has 0 spiro atoms. The molecule has 0 radical (unpaired) electrons. The average molecular weight is 422 g/mol. The van der Waals surface area contributed by atoms with Gasteiger partial charge < -0.3 is 16.0 Å². The van der Waals surface area contributed by atoms with Crippen LogP contribution in [0.3, 0.4) is 0 Å². The van der Waals surface area contributed by atoms with Gasteiger partial charge in [0.1, 0.15) is 5.82 Å². The molecule has 3 aromatic rings. The molecule has 0 unspecified atom stereocenters. The van der Waals surface area contributed by atoms with Crippen LogP contribution < -0.4 is 27.2 Å². The van der Waals surface area contributed by atoms with E-state index < -0.39 is 11.2 Å². The zero-order valence-electron chi connectivity index (χ0n) is 17.5. The summed E-state index contributed by atoms with van der Waals surface area (Å²) in [6, 6.07) is 18.6. The number of nitrogens with two attached hydrogens (primary N) is 1. The van der Waals surface area contributed by atoms with Crippen molar-refractivity contribution in [1.82, 2.24) is 9.55 Å². The number of carbonyl (C=O) groups is 1. The topological polar surface area (TPSA) is 113 Å². The fourth-order valence-electron chi connectivity index (χ4n) is 3.27. The Morgan fingerprint density at radius 1 is 1.06 bits per heavy atom. The van der Waals surface area contributed by atoms with Crippen LogP contribution in [0.2, 0.25) is 0 Å². The van der Waals surface area contributed by atoms with Crippen LogP contribution in [0.4, 0.5) is 17.2 Å². The minimum atomic E-state index is -0.670. The molecule has 31 heavy (non-hydrogen) atoms. The number of para-hydroxylation sites is 1. The van der Waals surface area contributed by atoms with Crippen LogP contribution in [0.25, 0.3) is 0 Å². The molecule has 0 bridgehead atoms. The van der Waals surface area contributed by atoms with Crippen molar-refractivity contribution in [3.8, 4) is 0 Å². The number of nitrogens with zero attached hydrogens (tertiary/aromatic N) is 2. The predicted octanol–water partition coefficient (Wildman–Crippen LogP) is 2.41. The number of unbranched alkanes of at least 4 members (excludes halogenated alkanes) is 1. The average Bonchev–Trinajstić information content (AvgIpc) is 2.78. The Bertz CT molecular complexity index is 1120. The number of rotatable bonds is 9. The van der Waals surface area contributed by atoms with Crippen LogP contribution in [-0.2, 0) is 11.3 Å². The van der Waals surface area contributed by atoms with E-state index in [1.54, 1.807) is 0 Å². The van der Waals surface area contributed by atoms with E-state index in [-0.39, 0.29) is 30.5 Å². The first kappa shape index (κ1) is 21.9. The summed E-state index contributed by atoms with van der Waals surface area (Å²) >= 11 is 0. The molecule has 162 valence electrons. The molecule has 0 saturated heterocycles. The van der Waals surface area contributed by atoms with Gasteiger partial charge in [-0.25, -0.2) is 4.79 Å². The Labute approximate surface area is 180 Å². The van der Waals surface area contributed by atoms with Crippen LogP contribution in [-0.4, -0.2) is 28.5 Å². The Morgan fingerprint density at radius 2 is 1.71 bits per heavy atom. The number of nitrogens with one attached hydrogen (secondary N) is 2. The smallest absolute Gasteiger partial charge is 0.330 e. The maximum absolute atomic E-state index is 13.0. The molecule has 8 nitrogen and oxygen atoms in total. The number of nitrogen functional groups attached to an aromatic ring is 1. The molecule has 1 amide bonds. The van der Waals surface area contributed by atoms with Gasteiger partial charge in [-0.1, -0.05) is 61.9 Å². The van der Waals surface area contributed by atoms with Gasteiger partial charge in [0.2, 0.25) is 5.91 Å². The molecule has 1 aromatic heterocycles. The zero-order chi connectivity index (χ0) is 22.2. The molecule has 3 rings (SSSR count). The van der Waals surface area contributed by atoms with Gasteiger partial charge in [-0.15, -0.1) is 0 Å². The number of amides is 1. The maximum atomic E-state index is 13.0. The van der Waals surface area contributed by atoms with Crippen molar-refractivity contribution in [2.75, 3.05) is 29.0 Å². The largest absolute Gasteiger partial charge is 0.383 e. The van der Waals surface area contributed by atoms with E-state index in [0.29, 0.717) is 13.0 Å². The second-order valence-electron chi connectivity index (χ2n) is 7.18. The first-order chi connectivity index (χ1) is 15.0. The summed E-state index contributed by atoms with van der Waals surface area (Å²) in [4.78, 5) is 41.9. The first-order valence-electron chi connectivity index (χ1n) is 10.3. The van der Waals surface area contributed by atoms with Gasteiger partial charge >= 0.3 is 5.69 Å². The van der Waals surface area contributed by atoms with Gasteiger partial charge in [0.25, 0.3) is 5.56 Å². The van der Waals surface area contributed by atoms with Crippen molar-refractivity contribution in [2.45, 2.75) is 26.3 Å². The quantitative estimate of drug-likeness (QED) is 0.491. The summed E-state index contributed by atoms with van der Waals surface area (Å²) in [7, 11) is 0. The van der Waals surface area contributed by atoms with E-state index in [0.717, 1.165) is 17.7 Å². The number of anilines is 3. The molecular formula is C23H27N5O3. The Morgan fingerprint density at radius 3 is 2.35 bits per heavy atom. The Kier molecular flexibility index (Phi) is 7.26. The summed E-state index contributed by atoms with van der Waals surface area (Å²) in [5.41, 5.74) is 6.65. The number of hydrogen-bond donors (Lipinski definition) is 3. The van der Waals surface area contributed by atoms with Gasteiger partial charge in [-0.2, -0.15) is 0 Å². The number of benzene rings is 2. The van der Waals surface area contributed by atoms with Crippen LogP contribution in [0, 0.1) is 0 Å². The molecule has 0 fully saturated rings. The molecule has 0 atom stereocenters. The number of aromatic nitrogens is 2. The van der Waals surface area contributed by atoms with E-state index in [2.05, 4.69) is 10.3 Å². The number of carbonyl (C=O) groups excluding carboxylic acids is 1. The maximum Gasteiger partial charge on any atom is 0.330 e. The van der Waals surface area contributed by atoms with E-state index in [9.17, 15) is 14.4 Å². The van der Waals surface area contributed by atoms with Crippen molar-refractivity contribution in [2.24, 2.45) is 0 Å². The summed E-state index contributed by atoms with van der Waals surface area (Å²) in [5, 5.41) is 3.06. The molecule has 0 aliphatic heterocycles. The second-order valence-corrected chi connectivity index (χ2v) is 7.18. The van der Waals surface area contributed by atoms with Crippen LogP contribution in [0.15, 0.2) is 70.3 Å². The minimum absolute atomic E-state index is 0.00356. The SMILES string of the molecule is CCCCN(C(=O)CNc1ccccc1)c1c(N)n(Cc2ccccc2)c(=O)[nH]c1=O. The van der Waals surface area contributed by atoms with Crippen molar-refractivity contribution < 1.29 is 4.79 Å². The van der Waals surface area contributed by atoms with Crippen molar-refractivity contribution in [3.63, 3.8) is 0 Å². The lowest BCUT2D eigenvalue weighted by atomic mass is 10.2. The molecule has 8 heteroatoms. The lowest BCUT2D eigenvalue weighted by Crippen LogP contribution is -2.43. The van der Waals surface area contributed by atoms with E-state index in [4.69, 9.17) is 5.73 Å². The van der Waals surface area contributed by atoms with E-state index in [1.165, 1.54) is 9.47 Å². The normalized spacial score (nSPS) is 10.6. The van der Waals surface area contributed by atoms with E-state index in [1.807, 2.05) is 67.6 Å². The third kappa shape index (κ3) is 5.42. The standard InChI is InChI=1S/C23H27N5O3/c1-2-3-14-27(19(29)15-25-18-12-8-5-9-13-18)20-21(24)28(23(31)26-22(20)30)16-17-10-6-4-7-11-17/h4-13,25H,2-3,14-16,24H2,1H3,(H,26,30,31). The lowest BCUT2D eigenvalue weighted by Gasteiger charge is -2.25. The molecule has 1 heterocycles. The summed E-state index contributed by atoms with van der Waals surface area (Å²) < 4.78 is 1.28. The van der Waals surface area contributed by atoms with Gasteiger partial charge in [0.15, 0.2) is 5.69 Å². The molecule has 0 aliphatic carbocycles. The Hall–Kier alpha value is -3.81. The van der Waals surface area contributed by atoms with Gasteiger partial charge in [0.05, 0.1) is 13.1 Å². The molecule has 4 N–H and O–H groups in total. The highest BCUT2D eigenvalue weighted by atomic mass is 16.2. The third-order valence-electron chi connectivity index (χ3n) is 4.92. The third-order valence-corrected chi connectivity index (χ3v) is 4.92. The monoisotopic (exact) mass is 421 g/mol. The zero-order valence-corrected chi connectivity index (χ0v) is 17.5.